The molecular formula is C27H52N4O4. The number of hydrogen-bond acceptors (Lipinski definition) is 6. The third-order valence-corrected chi connectivity index (χ3v) is 8.05. The first-order valence-corrected chi connectivity index (χ1v) is 14.0. The summed E-state index contributed by atoms with van der Waals surface area (Å²) in [7, 11) is 3.28. The number of carbonyl (C=O) groups is 2. The van der Waals surface area contributed by atoms with E-state index in [0.717, 1.165) is 55.9 Å². The zero-order valence-electron chi connectivity index (χ0n) is 22.9. The molecule has 2 fully saturated rings. The maximum Gasteiger partial charge on any atom is 0.245 e. The molecule has 2 saturated heterocycles. The van der Waals surface area contributed by atoms with Crippen molar-refractivity contribution in [2.24, 2.45) is 23.7 Å². The van der Waals surface area contributed by atoms with E-state index in [1.807, 2.05) is 0 Å². The van der Waals surface area contributed by atoms with E-state index in [4.69, 9.17) is 9.47 Å². The molecule has 0 aliphatic carbocycles. The molecule has 4 atom stereocenters. The minimum Gasteiger partial charge on any atom is -0.372 e. The van der Waals surface area contributed by atoms with Gasteiger partial charge in [0.2, 0.25) is 11.8 Å². The first-order chi connectivity index (χ1) is 16.9. The summed E-state index contributed by atoms with van der Waals surface area (Å²) in [5, 5.41) is 5.17. The lowest BCUT2D eigenvalue weighted by atomic mass is 9.70. The van der Waals surface area contributed by atoms with Gasteiger partial charge in [-0.15, -0.1) is 0 Å². The van der Waals surface area contributed by atoms with Crippen LogP contribution in [0.15, 0.2) is 0 Å². The molecule has 0 aromatic carbocycles. The van der Waals surface area contributed by atoms with Crippen LogP contribution in [0.3, 0.4) is 0 Å². The van der Waals surface area contributed by atoms with Gasteiger partial charge in [0.15, 0.2) is 0 Å². The molecule has 2 unspecified atom stereocenters. The second kappa shape index (κ2) is 17.3. The molecule has 0 bridgehead atoms. The highest BCUT2D eigenvalue weighted by molar-refractivity contribution is 5.77. The number of nitrogens with one attached hydrogen (secondary N) is 2. The minimum atomic E-state index is -0.0552. The standard InChI is InChI=1S/C27H52N4O4/c1-22-10-14-30(12-6-5-8-16-34-20-26(32)28-3)18-24(22)25-19-31(15-11-23(25)2)13-7-9-17-35-21-27(33)29-4/h22-25H,5-21H2,1-4H3,(H,28,32)(H,29,33)/t22-,23+,24?,25?/m0/s1. The summed E-state index contributed by atoms with van der Waals surface area (Å²) in [5.74, 6) is 3.06. The van der Waals surface area contributed by atoms with E-state index in [-0.39, 0.29) is 25.0 Å². The van der Waals surface area contributed by atoms with Gasteiger partial charge in [-0.1, -0.05) is 13.8 Å². The second-order valence-electron chi connectivity index (χ2n) is 10.7. The van der Waals surface area contributed by atoms with Crippen LogP contribution in [0.4, 0.5) is 0 Å². The second-order valence-corrected chi connectivity index (χ2v) is 10.7. The van der Waals surface area contributed by atoms with Gasteiger partial charge < -0.3 is 29.9 Å². The molecule has 0 radical (unpaired) electrons. The van der Waals surface area contributed by atoms with Crippen molar-refractivity contribution in [3.63, 3.8) is 0 Å². The molecular weight excluding hydrogens is 444 g/mol. The van der Waals surface area contributed by atoms with Gasteiger partial charge >= 0.3 is 0 Å². The van der Waals surface area contributed by atoms with Crippen LogP contribution in [0.5, 0.6) is 0 Å². The number of rotatable bonds is 16. The van der Waals surface area contributed by atoms with Crippen LogP contribution in [0.1, 0.15) is 58.8 Å². The Hall–Kier alpha value is -1.22. The molecule has 2 amide bonds. The van der Waals surface area contributed by atoms with Crippen LogP contribution in [-0.2, 0) is 19.1 Å². The Balaban J connectivity index is 1.66. The summed E-state index contributed by atoms with van der Waals surface area (Å²) in [6.45, 7) is 13.8. The van der Waals surface area contributed by atoms with Crippen molar-refractivity contribution in [3.8, 4) is 0 Å². The van der Waals surface area contributed by atoms with Crippen molar-refractivity contribution in [2.75, 3.05) is 79.8 Å². The summed E-state index contributed by atoms with van der Waals surface area (Å²) in [6, 6.07) is 0. The van der Waals surface area contributed by atoms with Crippen molar-refractivity contribution in [1.29, 1.82) is 0 Å². The Morgan fingerprint density at radius 3 is 1.60 bits per heavy atom. The highest BCUT2D eigenvalue weighted by atomic mass is 16.5. The quantitative estimate of drug-likeness (QED) is 0.319. The van der Waals surface area contributed by atoms with E-state index in [1.165, 1.54) is 52.0 Å². The predicted molar refractivity (Wildman–Crippen MR) is 140 cm³/mol. The van der Waals surface area contributed by atoms with Crippen LogP contribution in [0.25, 0.3) is 0 Å². The van der Waals surface area contributed by atoms with Crippen molar-refractivity contribution >= 4 is 11.8 Å². The molecule has 0 aromatic heterocycles. The summed E-state index contributed by atoms with van der Waals surface area (Å²) in [6.07, 6.45) is 8.15. The number of hydrogen-bond donors (Lipinski definition) is 2. The van der Waals surface area contributed by atoms with Gasteiger partial charge in [-0.2, -0.15) is 0 Å². The van der Waals surface area contributed by atoms with Crippen molar-refractivity contribution in [3.05, 3.63) is 0 Å². The van der Waals surface area contributed by atoms with Gasteiger partial charge in [-0.25, -0.2) is 0 Å². The van der Waals surface area contributed by atoms with Crippen LogP contribution < -0.4 is 10.6 Å². The zero-order valence-corrected chi connectivity index (χ0v) is 22.9. The van der Waals surface area contributed by atoms with Gasteiger partial charge in [0, 0.05) is 40.4 Å². The first kappa shape index (κ1) is 30.0. The number of nitrogens with zero attached hydrogens (tertiary/aromatic N) is 2. The first-order valence-electron chi connectivity index (χ1n) is 14.0. The van der Waals surface area contributed by atoms with Crippen molar-refractivity contribution < 1.29 is 19.1 Å². The molecule has 0 saturated carbocycles. The summed E-state index contributed by atoms with van der Waals surface area (Å²) >= 11 is 0. The van der Waals surface area contributed by atoms with E-state index in [2.05, 4.69) is 34.3 Å². The van der Waals surface area contributed by atoms with Crippen molar-refractivity contribution in [1.82, 2.24) is 20.4 Å². The Labute approximate surface area is 213 Å². The fourth-order valence-corrected chi connectivity index (χ4v) is 5.59. The molecule has 35 heavy (non-hydrogen) atoms. The number of ether oxygens (including phenoxy) is 2. The average Bonchev–Trinajstić information content (AvgIpc) is 2.87. The fraction of sp³-hybridized carbons (Fsp3) is 0.926. The molecule has 0 spiro atoms. The van der Waals surface area contributed by atoms with Gasteiger partial charge in [0.1, 0.15) is 13.2 Å². The zero-order chi connectivity index (χ0) is 25.5. The molecule has 8 nitrogen and oxygen atoms in total. The Morgan fingerprint density at radius 1 is 0.714 bits per heavy atom. The SMILES string of the molecule is CNC(=O)COCCCCCN1CC[C@H](C)C(C2CN(CCCCOCC(=O)NC)CC[C@H]2C)C1. The minimum absolute atomic E-state index is 0.0547. The highest BCUT2D eigenvalue weighted by Crippen LogP contribution is 2.37. The lowest BCUT2D eigenvalue weighted by molar-refractivity contribution is -0.125. The van der Waals surface area contributed by atoms with E-state index in [0.29, 0.717) is 13.2 Å². The number of unbranched alkanes of at least 4 members (excludes halogenated alkanes) is 3. The third kappa shape index (κ3) is 11.6. The number of piperidine rings is 2. The number of likely N-dealkylation sites (N-methyl/N-ethyl adjacent to an activating group) is 2. The van der Waals surface area contributed by atoms with Crippen molar-refractivity contribution in [2.45, 2.75) is 58.8 Å². The summed E-state index contributed by atoms with van der Waals surface area (Å²) in [4.78, 5) is 27.8. The fourth-order valence-electron chi connectivity index (χ4n) is 5.59. The van der Waals surface area contributed by atoms with E-state index in [9.17, 15) is 9.59 Å². The largest absolute Gasteiger partial charge is 0.372 e. The Morgan fingerprint density at radius 2 is 1.14 bits per heavy atom. The average molecular weight is 497 g/mol. The predicted octanol–water partition coefficient (Wildman–Crippen LogP) is 2.38. The molecule has 2 aliphatic heterocycles. The third-order valence-electron chi connectivity index (χ3n) is 8.05. The number of likely N-dealkylation sites (tertiary alicyclic amines) is 2. The van der Waals surface area contributed by atoms with E-state index >= 15 is 0 Å². The molecule has 2 aliphatic rings. The molecule has 8 heteroatoms. The number of carbonyl (C=O) groups excluding carboxylic acids is 2. The molecule has 0 aromatic rings. The lowest BCUT2D eigenvalue weighted by Gasteiger charge is -2.47. The van der Waals surface area contributed by atoms with Crippen LogP contribution in [0.2, 0.25) is 0 Å². The van der Waals surface area contributed by atoms with Crippen LogP contribution in [0, 0.1) is 23.7 Å². The highest BCUT2D eigenvalue weighted by Gasteiger charge is 2.37. The van der Waals surface area contributed by atoms with Gasteiger partial charge in [-0.3, -0.25) is 9.59 Å². The monoisotopic (exact) mass is 496 g/mol. The summed E-state index contributed by atoms with van der Waals surface area (Å²) < 4.78 is 10.9. The number of amides is 2. The maximum atomic E-state index is 11.2. The normalized spacial score (nSPS) is 25.9. The van der Waals surface area contributed by atoms with Gasteiger partial charge in [0.05, 0.1) is 0 Å². The maximum absolute atomic E-state index is 11.2. The Kier molecular flexibility index (Phi) is 14.8. The smallest absolute Gasteiger partial charge is 0.245 e. The molecule has 2 heterocycles. The molecule has 204 valence electrons. The lowest BCUT2D eigenvalue weighted by Crippen LogP contribution is -2.50. The van der Waals surface area contributed by atoms with Crippen LogP contribution >= 0.6 is 0 Å². The molecule has 2 N–H and O–H groups in total. The van der Waals surface area contributed by atoms with Gasteiger partial charge in [0.25, 0.3) is 0 Å². The molecule has 2 rings (SSSR count). The Bertz CT molecular complexity index is 606. The van der Waals surface area contributed by atoms with E-state index in [1.54, 1.807) is 14.1 Å². The van der Waals surface area contributed by atoms with Gasteiger partial charge in [-0.05, 0) is 94.8 Å². The topological polar surface area (TPSA) is 83.1 Å². The van der Waals surface area contributed by atoms with Crippen LogP contribution in [-0.4, -0.2) is 101 Å². The van der Waals surface area contributed by atoms with E-state index < -0.39 is 0 Å². The summed E-state index contributed by atoms with van der Waals surface area (Å²) in [5.41, 5.74) is 0.